The average Bonchev–Trinajstić information content (AvgIpc) is 2.93. The van der Waals surface area contributed by atoms with Gasteiger partial charge < -0.3 is 10.2 Å². The second-order valence-electron chi connectivity index (χ2n) is 9.77. The molecule has 3 aromatic rings. The van der Waals surface area contributed by atoms with Crippen LogP contribution in [0.2, 0.25) is 10.0 Å². The van der Waals surface area contributed by atoms with Crippen LogP contribution < -0.4 is 9.62 Å². The molecule has 0 aromatic heterocycles. The fourth-order valence-corrected chi connectivity index (χ4v) is 6.52. The van der Waals surface area contributed by atoms with Crippen molar-refractivity contribution >= 4 is 66.7 Å². The summed E-state index contributed by atoms with van der Waals surface area (Å²) in [6, 6.07) is 17.1. The number of sulfonamides is 1. The zero-order valence-corrected chi connectivity index (χ0v) is 27.3. The molecule has 41 heavy (non-hydrogen) atoms. The molecule has 0 saturated carbocycles. The first-order chi connectivity index (χ1) is 19.4. The molecule has 0 saturated heterocycles. The number of benzene rings is 3. The van der Waals surface area contributed by atoms with Gasteiger partial charge >= 0.3 is 0 Å². The third kappa shape index (κ3) is 8.25. The van der Waals surface area contributed by atoms with Crippen LogP contribution in [-0.2, 0) is 26.2 Å². The summed E-state index contributed by atoms with van der Waals surface area (Å²) in [6.07, 6.45) is 0.996. The van der Waals surface area contributed by atoms with Gasteiger partial charge in [0.15, 0.2) is 0 Å². The molecular weight excluding hydrogens is 649 g/mol. The van der Waals surface area contributed by atoms with E-state index in [4.69, 9.17) is 23.2 Å². The van der Waals surface area contributed by atoms with Gasteiger partial charge in [0, 0.05) is 32.7 Å². The van der Waals surface area contributed by atoms with Gasteiger partial charge in [0.1, 0.15) is 12.6 Å². The van der Waals surface area contributed by atoms with Crippen molar-refractivity contribution in [2.24, 2.45) is 0 Å². The number of rotatable bonds is 12. The lowest BCUT2D eigenvalue weighted by atomic mass is 10.1. The molecule has 0 heterocycles. The average molecular weight is 683 g/mol. The second-order valence-corrected chi connectivity index (χ2v) is 13.4. The maximum atomic E-state index is 14.2. The number of aryl methyl sites for hydroxylation is 1. The number of hydrogen-bond donors (Lipinski definition) is 1. The van der Waals surface area contributed by atoms with Gasteiger partial charge in [-0.1, -0.05) is 82.8 Å². The molecule has 0 radical (unpaired) electrons. The molecule has 3 rings (SSSR count). The van der Waals surface area contributed by atoms with E-state index in [0.29, 0.717) is 32.2 Å². The molecule has 0 fully saturated rings. The number of nitrogens with zero attached hydrogens (tertiary/aromatic N) is 2. The maximum Gasteiger partial charge on any atom is 0.264 e. The van der Waals surface area contributed by atoms with Crippen molar-refractivity contribution < 1.29 is 18.0 Å². The van der Waals surface area contributed by atoms with Gasteiger partial charge in [-0.15, -0.1) is 0 Å². The van der Waals surface area contributed by atoms with E-state index in [1.807, 2.05) is 20.8 Å². The lowest BCUT2D eigenvalue weighted by molar-refractivity contribution is -0.140. The van der Waals surface area contributed by atoms with E-state index in [2.05, 4.69) is 21.2 Å². The van der Waals surface area contributed by atoms with Crippen LogP contribution in [0.1, 0.15) is 44.7 Å². The molecule has 0 aliphatic heterocycles. The number of nitrogens with one attached hydrogen (secondary N) is 1. The topological polar surface area (TPSA) is 86.8 Å². The first-order valence-corrected chi connectivity index (χ1v) is 16.3. The fourth-order valence-electron chi connectivity index (χ4n) is 4.21. The third-order valence-electron chi connectivity index (χ3n) is 6.76. The Hall–Kier alpha value is -2.59. The molecule has 0 unspecified atom stereocenters. The van der Waals surface area contributed by atoms with E-state index in [0.717, 1.165) is 9.87 Å². The Balaban J connectivity index is 2.10. The number of carbonyl (C=O) groups excluding carboxylic acids is 2. The molecule has 0 bridgehead atoms. The van der Waals surface area contributed by atoms with Crippen LogP contribution in [0.15, 0.2) is 76.1 Å². The Labute approximate surface area is 261 Å². The summed E-state index contributed by atoms with van der Waals surface area (Å²) in [5, 5.41) is 3.62. The van der Waals surface area contributed by atoms with Crippen LogP contribution >= 0.6 is 39.1 Å². The van der Waals surface area contributed by atoms with Gasteiger partial charge in [-0.2, -0.15) is 0 Å². The molecule has 0 aliphatic carbocycles. The monoisotopic (exact) mass is 681 g/mol. The van der Waals surface area contributed by atoms with Crippen LogP contribution in [-0.4, -0.2) is 43.8 Å². The van der Waals surface area contributed by atoms with Crippen LogP contribution in [0, 0.1) is 6.92 Å². The smallest absolute Gasteiger partial charge is 0.264 e. The minimum absolute atomic E-state index is 0.0399. The van der Waals surface area contributed by atoms with E-state index in [-0.39, 0.29) is 29.8 Å². The molecule has 11 heteroatoms. The number of anilines is 1. The molecule has 220 valence electrons. The van der Waals surface area contributed by atoms with Crippen molar-refractivity contribution in [3.05, 3.63) is 92.4 Å². The van der Waals surface area contributed by atoms with Gasteiger partial charge in [0.2, 0.25) is 11.8 Å². The highest BCUT2D eigenvalue weighted by atomic mass is 79.9. The van der Waals surface area contributed by atoms with Crippen molar-refractivity contribution in [3.63, 3.8) is 0 Å². The highest BCUT2D eigenvalue weighted by Gasteiger charge is 2.34. The van der Waals surface area contributed by atoms with Crippen molar-refractivity contribution in [2.75, 3.05) is 10.8 Å². The summed E-state index contributed by atoms with van der Waals surface area (Å²) in [7, 11) is -4.17. The summed E-state index contributed by atoms with van der Waals surface area (Å²) in [5.41, 5.74) is 1.66. The standard InChI is InChI=1S/C30H34BrCl2N3O4S/c1-5-21(4)34-30(38)28(6-2)35(18-25-26(32)11-8-12-27(25)33)29(37)19-36(23-10-7-9-22(31)17-23)41(39,40)24-15-13-20(3)14-16-24/h7-17,21,28H,5-6,18-19H2,1-4H3,(H,34,38)/t21-,28+/m1/s1. The van der Waals surface area contributed by atoms with E-state index < -0.39 is 28.5 Å². The highest BCUT2D eigenvalue weighted by Crippen LogP contribution is 2.29. The van der Waals surface area contributed by atoms with Crippen molar-refractivity contribution in [2.45, 2.75) is 64.1 Å². The lowest BCUT2D eigenvalue weighted by Gasteiger charge is -2.34. The summed E-state index contributed by atoms with van der Waals surface area (Å²) in [5.74, 6) is -0.920. The minimum atomic E-state index is -4.17. The zero-order valence-electron chi connectivity index (χ0n) is 23.4. The predicted octanol–water partition coefficient (Wildman–Crippen LogP) is 6.98. The van der Waals surface area contributed by atoms with E-state index in [9.17, 15) is 18.0 Å². The lowest BCUT2D eigenvalue weighted by Crippen LogP contribution is -2.53. The van der Waals surface area contributed by atoms with Crippen molar-refractivity contribution in [1.82, 2.24) is 10.2 Å². The number of amides is 2. The van der Waals surface area contributed by atoms with Gasteiger partial charge in [0.05, 0.1) is 10.6 Å². The Kier molecular flexibility index (Phi) is 11.7. The third-order valence-corrected chi connectivity index (χ3v) is 9.75. The number of hydrogen-bond acceptors (Lipinski definition) is 4. The first-order valence-electron chi connectivity index (χ1n) is 13.3. The van der Waals surface area contributed by atoms with E-state index in [1.54, 1.807) is 61.5 Å². The SMILES string of the molecule is CC[C@@H](C)NC(=O)[C@H](CC)N(Cc1c(Cl)cccc1Cl)C(=O)CN(c1cccc(Br)c1)S(=O)(=O)c1ccc(C)cc1. The summed E-state index contributed by atoms with van der Waals surface area (Å²) < 4.78 is 29.6. The van der Waals surface area contributed by atoms with Gasteiger partial charge in [-0.05, 0) is 69.2 Å². The van der Waals surface area contributed by atoms with Crippen LogP contribution in [0.3, 0.4) is 0 Å². The summed E-state index contributed by atoms with van der Waals surface area (Å²) >= 11 is 16.3. The summed E-state index contributed by atoms with van der Waals surface area (Å²) in [6.45, 7) is 6.85. The Morgan fingerprint density at radius 3 is 2.12 bits per heavy atom. The van der Waals surface area contributed by atoms with Crippen LogP contribution in [0.4, 0.5) is 5.69 Å². The Morgan fingerprint density at radius 2 is 1.56 bits per heavy atom. The highest BCUT2D eigenvalue weighted by molar-refractivity contribution is 9.10. The molecular formula is C30H34BrCl2N3O4S. The second kappa shape index (κ2) is 14.5. The number of carbonyl (C=O) groups is 2. The Bertz CT molecular complexity index is 1470. The molecule has 1 N–H and O–H groups in total. The zero-order chi connectivity index (χ0) is 30.3. The van der Waals surface area contributed by atoms with Gasteiger partial charge in [0.25, 0.3) is 10.0 Å². The van der Waals surface area contributed by atoms with Crippen molar-refractivity contribution in [1.29, 1.82) is 0 Å². The number of halogens is 3. The van der Waals surface area contributed by atoms with Crippen molar-refractivity contribution in [3.8, 4) is 0 Å². The first kappa shape index (κ1) is 32.9. The molecule has 0 aliphatic rings. The Morgan fingerprint density at radius 1 is 0.951 bits per heavy atom. The molecule has 2 amide bonds. The molecule has 3 aromatic carbocycles. The maximum absolute atomic E-state index is 14.2. The van der Waals surface area contributed by atoms with Crippen LogP contribution in [0.5, 0.6) is 0 Å². The predicted molar refractivity (Wildman–Crippen MR) is 169 cm³/mol. The largest absolute Gasteiger partial charge is 0.352 e. The molecule has 2 atom stereocenters. The van der Waals surface area contributed by atoms with E-state index in [1.165, 1.54) is 17.0 Å². The molecule has 7 nitrogen and oxygen atoms in total. The quantitative estimate of drug-likeness (QED) is 0.223. The van der Waals surface area contributed by atoms with Gasteiger partial charge in [-0.3, -0.25) is 13.9 Å². The molecule has 0 spiro atoms. The minimum Gasteiger partial charge on any atom is -0.352 e. The van der Waals surface area contributed by atoms with Gasteiger partial charge in [-0.25, -0.2) is 8.42 Å². The fraction of sp³-hybridized carbons (Fsp3) is 0.333. The van der Waals surface area contributed by atoms with E-state index >= 15 is 0 Å². The summed E-state index contributed by atoms with van der Waals surface area (Å²) in [4.78, 5) is 29.0. The normalized spacial score (nSPS) is 12.9. The van der Waals surface area contributed by atoms with Crippen LogP contribution in [0.25, 0.3) is 0 Å².